The highest BCUT2D eigenvalue weighted by Gasteiger charge is 2.53. The van der Waals surface area contributed by atoms with Crippen molar-refractivity contribution < 1.29 is 14.7 Å². The molecule has 1 aromatic rings. The molecular formula is C14H14ClNO3. The van der Waals surface area contributed by atoms with E-state index in [-0.39, 0.29) is 17.4 Å². The smallest absolute Gasteiger partial charge is 0.307 e. The minimum absolute atomic E-state index is 0.139. The van der Waals surface area contributed by atoms with E-state index in [1.54, 1.807) is 12.1 Å². The molecule has 0 spiro atoms. The molecule has 0 radical (unpaired) electrons. The Labute approximate surface area is 115 Å². The van der Waals surface area contributed by atoms with Crippen LogP contribution in [0.5, 0.6) is 0 Å². The number of hydrogen-bond acceptors (Lipinski definition) is 2. The zero-order valence-electron chi connectivity index (χ0n) is 10.2. The first-order chi connectivity index (χ1) is 9.02. The van der Waals surface area contributed by atoms with Crippen LogP contribution in [0.25, 0.3) is 0 Å². The molecule has 100 valence electrons. The molecule has 2 atom stereocenters. The van der Waals surface area contributed by atoms with Crippen LogP contribution < -0.4 is 5.32 Å². The molecule has 2 fully saturated rings. The molecule has 1 amide bonds. The number of aliphatic carboxylic acids is 1. The van der Waals surface area contributed by atoms with Crippen LogP contribution in [0.3, 0.4) is 0 Å². The quantitative estimate of drug-likeness (QED) is 0.888. The van der Waals surface area contributed by atoms with Crippen molar-refractivity contribution in [1.29, 1.82) is 0 Å². The van der Waals surface area contributed by atoms with Gasteiger partial charge in [0.05, 0.1) is 17.4 Å². The fraction of sp³-hybridized carbons (Fsp3) is 0.429. The third-order valence-electron chi connectivity index (χ3n) is 3.95. The van der Waals surface area contributed by atoms with E-state index in [0.717, 1.165) is 18.4 Å². The fourth-order valence-corrected chi connectivity index (χ4v) is 2.59. The first kappa shape index (κ1) is 12.5. The zero-order valence-corrected chi connectivity index (χ0v) is 11.0. The lowest BCUT2D eigenvalue weighted by Gasteiger charge is -2.18. The molecule has 2 aliphatic carbocycles. The van der Waals surface area contributed by atoms with Crippen LogP contribution in [0.1, 0.15) is 24.8 Å². The summed E-state index contributed by atoms with van der Waals surface area (Å²) in [6.07, 6.45) is 2.24. The third-order valence-corrected chi connectivity index (χ3v) is 4.21. The van der Waals surface area contributed by atoms with Crippen LogP contribution in [-0.2, 0) is 15.1 Å². The number of carboxylic acid groups (broad SMARTS) is 1. The number of nitrogens with one attached hydrogen (secondary N) is 1. The molecule has 0 aromatic heterocycles. The standard InChI is InChI=1S/C14H14ClNO3/c15-9-3-1-8(2-4-9)14(5-6-14)16-12(17)10-7-11(10)13(18)19/h1-4,10-11H,5-7H2,(H,16,17)(H,18,19). The van der Waals surface area contributed by atoms with Gasteiger partial charge in [-0.1, -0.05) is 23.7 Å². The van der Waals surface area contributed by atoms with Crippen molar-refractivity contribution in [3.8, 4) is 0 Å². The molecule has 1 aromatic carbocycles. The van der Waals surface area contributed by atoms with Gasteiger partial charge in [0.2, 0.25) is 5.91 Å². The average Bonchev–Trinajstić information content (AvgIpc) is 3.24. The molecule has 4 nitrogen and oxygen atoms in total. The van der Waals surface area contributed by atoms with Crippen LogP contribution in [0, 0.1) is 11.8 Å². The van der Waals surface area contributed by atoms with Crippen molar-refractivity contribution >= 4 is 23.5 Å². The van der Waals surface area contributed by atoms with Gasteiger partial charge in [-0.2, -0.15) is 0 Å². The van der Waals surface area contributed by atoms with Crippen LogP contribution >= 0.6 is 11.6 Å². The van der Waals surface area contributed by atoms with Gasteiger partial charge >= 0.3 is 5.97 Å². The highest BCUT2D eigenvalue weighted by molar-refractivity contribution is 6.30. The van der Waals surface area contributed by atoms with Crippen molar-refractivity contribution in [3.63, 3.8) is 0 Å². The number of rotatable bonds is 4. The van der Waals surface area contributed by atoms with Gasteiger partial charge in [0, 0.05) is 5.02 Å². The minimum atomic E-state index is -0.878. The van der Waals surface area contributed by atoms with Crippen LogP contribution in [0.2, 0.25) is 5.02 Å². The average molecular weight is 280 g/mol. The lowest BCUT2D eigenvalue weighted by Crippen LogP contribution is -2.36. The summed E-state index contributed by atoms with van der Waals surface area (Å²) in [5, 5.41) is 12.5. The second-order valence-corrected chi connectivity index (χ2v) is 5.80. The summed E-state index contributed by atoms with van der Waals surface area (Å²) < 4.78 is 0. The largest absolute Gasteiger partial charge is 0.481 e. The predicted molar refractivity (Wildman–Crippen MR) is 69.7 cm³/mol. The molecule has 0 aliphatic heterocycles. The predicted octanol–water partition coefficient (Wildman–Crippen LogP) is 2.17. The second-order valence-electron chi connectivity index (χ2n) is 5.37. The molecule has 2 saturated carbocycles. The third kappa shape index (κ3) is 2.32. The Bertz CT molecular complexity index is 536. The van der Waals surface area contributed by atoms with E-state index < -0.39 is 11.9 Å². The maximum absolute atomic E-state index is 12.0. The number of carbonyl (C=O) groups is 2. The van der Waals surface area contributed by atoms with Crippen LogP contribution in [0.15, 0.2) is 24.3 Å². The summed E-state index contributed by atoms with van der Waals surface area (Å²) in [7, 11) is 0. The topological polar surface area (TPSA) is 66.4 Å². The van der Waals surface area contributed by atoms with Gasteiger partial charge in [0.25, 0.3) is 0 Å². The summed E-state index contributed by atoms with van der Waals surface area (Å²) in [5.74, 6) is -1.88. The molecule has 0 bridgehead atoms. The highest BCUT2D eigenvalue weighted by atomic mass is 35.5. The van der Waals surface area contributed by atoms with Gasteiger partial charge in [-0.05, 0) is 37.0 Å². The number of carboxylic acids is 1. The number of halogens is 1. The Kier molecular flexibility index (Phi) is 2.78. The summed E-state index contributed by atoms with van der Waals surface area (Å²) in [6.45, 7) is 0. The van der Waals surface area contributed by atoms with Gasteiger partial charge in [-0.25, -0.2) is 0 Å². The minimum Gasteiger partial charge on any atom is -0.481 e. The maximum Gasteiger partial charge on any atom is 0.307 e. The van der Waals surface area contributed by atoms with E-state index in [1.807, 2.05) is 12.1 Å². The normalized spacial score (nSPS) is 26.6. The SMILES string of the molecule is O=C(O)C1CC1C(=O)NC1(c2ccc(Cl)cc2)CC1. The Morgan fingerprint density at radius 2 is 1.84 bits per heavy atom. The maximum atomic E-state index is 12.0. The Balaban J connectivity index is 1.68. The second kappa shape index (κ2) is 4.23. The molecule has 2 unspecified atom stereocenters. The molecule has 3 rings (SSSR count). The van der Waals surface area contributed by atoms with Crippen molar-refractivity contribution in [2.45, 2.75) is 24.8 Å². The molecule has 2 N–H and O–H groups in total. The van der Waals surface area contributed by atoms with E-state index in [1.165, 1.54) is 0 Å². The van der Waals surface area contributed by atoms with Crippen molar-refractivity contribution in [3.05, 3.63) is 34.9 Å². The highest BCUT2D eigenvalue weighted by Crippen LogP contribution is 2.47. The molecule has 19 heavy (non-hydrogen) atoms. The number of amides is 1. The van der Waals surface area contributed by atoms with E-state index in [0.29, 0.717) is 11.4 Å². The van der Waals surface area contributed by atoms with Crippen molar-refractivity contribution in [1.82, 2.24) is 5.32 Å². The van der Waals surface area contributed by atoms with E-state index in [9.17, 15) is 9.59 Å². The summed E-state index contributed by atoms with van der Waals surface area (Å²) in [6, 6.07) is 7.44. The van der Waals surface area contributed by atoms with E-state index >= 15 is 0 Å². The Morgan fingerprint density at radius 3 is 2.32 bits per heavy atom. The molecule has 5 heteroatoms. The number of carbonyl (C=O) groups excluding carboxylic acids is 1. The van der Waals surface area contributed by atoms with Crippen LogP contribution in [0.4, 0.5) is 0 Å². The van der Waals surface area contributed by atoms with Crippen LogP contribution in [-0.4, -0.2) is 17.0 Å². The van der Waals surface area contributed by atoms with Gasteiger partial charge in [-0.15, -0.1) is 0 Å². The van der Waals surface area contributed by atoms with Gasteiger partial charge < -0.3 is 10.4 Å². The summed E-state index contributed by atoms with van der Waals surface area (Å²) >= 11 is 5.85. The molecule has 2 aliphatic rings. The van der Waals surface area contributed by atoms with Gasteiger partial charge in [0.1, 0.15) is 0 Å². The van der Waals surface area contributed by atoms with Gasteiger partial charge in [-0.3, -0.25) is 9.59 Å². The zero-order chi connectivity index (χ0) is 13.6. The van der Waals surface area contributed by atoms with Crippen molar-refractivity contribution in [2.24, 2.45) is 11.8 Å². The Morgan fingerprint density at radius 1 is 1.21 bits per heavy atom. The number of hydrogen-bond donors (Lipinski definition) is 2. The molecule has 0 saturated heterocycles. The molecule has 0 heterocycles. The lowest BCUT2D eigenvalue weighted by molar-refractivity contribution is -0.140. The first-order valence-corrected chi connectivity index (χ1v) is 6.70. The number of benzene rings is 1. The lowest BCUT2D eigenvalue weighted by atomic mass is 10.0. The molecular weight excluding hydrogens is 266 g/mol. The van der Waals surface area contributed by atoms with Gasteiger partial charge in [0.15, 0.2) is 0 Å². The van der Waals surface area contributed by atoms with E-state index in [2.05, 4.69) is 5.32 Å². The first-order valence-electron chi connectivity index (χ1n) is 6.33. The summed E-state index contributed by atoms with van der Waals surface area (Å²) in [5.41, 5.74) is 0.741. The monoisotopic (exact) mass is 279 g/mol. The van der Waals surface area contributed by atoms with E-state index in [4.69, 9.17) is 16.7 Å². The Hall–Kier alpha value is -1.55. The summed E-state index contributed by atoms with van der Waals surface area (Å²) in [4.78, 5) is 22.8. The fourth-order valence-electron chi connectivity index (χ4n) is 2.47. The van der Waals surface area contributed by atoms with Crippen molar-refractivity contribution in [2.75, 3.05) is 0 Å².